The van der Waals surface area contributed by atoms with Crippen molar-refractivity contribution in [2.24, 2.45) is 5.73 Å². The van der Waals surface area contributed by atoms with E-state index in [0.29, 0.717) is 10.7 Å². The number of anilines is 1. The number of hydrogen-bond acceptors (Lipinski definition) is 2. The van der Waals surface area contributed by atoms with Crippen LogP contribution in [0.15, 0.2) is 34.8 Å². The van der Waals surface area contributed by atoms with Crippen molar-refractivity contribution in [1.29, 1.82) is 0 Å². The van der Waals surface area contributed by atoms with Crippen LogP contribution < -0.4 is 11.1 Å². The Bertz CT molecular complexity index is 644. The highest BCUT2D eigenvalue weighted by molar-refractivity contribution is 9.10. The molecule has 0 amide bonds. The molecule has 0 spiro atoms. The van der Waals surface area contributed by atoms with E-state index < -0.39 is 23.5 Å². The van der Waals surface area contributed by atoms with Crippen LogP contribution in [-0.2, 0) is 0 Å². The average molecular weight is 380 g/mol. The first-order chi connectivity index (χ1) is 9.92. The molecule has 3 N–H and O–H groups in total. The van der Waals surface area contributed by atoms with Crippen molar-refractivity contribution in [3.05, 3.63) is 62.8 Å². The number of benzene rings is 2. The summed E-state index contributed by atoms with van der Waals surface area (Å²) in [4.78, 5) is 0. The number of nitrogens with one attached hydrogen (secondary N) is 1. The molecule has 0 radical (unpaired) electrons. The van der Waals surface area contributed by atoms with E-state index in [1.165, 1.54) is 0 Å². The van der Waals surface area contributed by atoms with E-state index in [1.54, 1.807) is 18.2 Å². The van der Waals surface area contributed by atoms with Gasteiger partial charge in [0.05, 0.1) is 11.1 Å². The Kier molecular flexibility index (Phi) is 5.13. The fraction of sp³-hybridized carbons (Fsp3) is 0.143. The maximum absolute atomic E-state index is 13.3. The van der Waals surface area contributed by atoms with Crippen LogP contribution in [0.1, 0.15) is 11.6 Å². The average Bonchev–Trinajstić information content (AvgIpc) is 2.45. The zero-order valence-corrected chi connectivity index (χ0v) is 13.0. The molecule has 0 aliphatic rings. The van der Waals surface area contributed by atoms with Crippen LogP contribution >= 0.6 is 27.5 Å². The molecule has 0 aromatic heterocycles. The van der Waals surface area contributed by atoms with E-state index in [4.69, 9.17) is 17.3 Å². The van der Waals surface area contributed by atoms with E-state index in [2.05, 4.69) is 21.2 Å². The van der Waals surface area contributed by atoms with Crippen molar-refractivity contribution in [3.8, 4) is 0 Å². The third kappa shape index (κ3) is 3.70. The van der Waals surface area contributed by atoms with Gasteiger partial charge in [0.2, 0.25) is 0 Å². The van der Waals surface area contributed by atoms with E-state index >= 15 is 0 Å². The van der Waals surface area contributed by atoms with Gasteiger partial charge in [0, 0.05) is 16.7 Å². The van der Waals surface area contributed by atoms with Gasteiger partial charge >= 0.3 is 0 Å². The molecule has 2 aromatic rings. The Balaban J connectivity index is 2.29. The molecule has 0 saturated heterocycles. The monoisotopic (exact) mass is 378 g/mol. The largest absolute Gasteiger partial charge is 0.377 e. The number of rotatable bonds is 4. The van der Waals surface area contributed by atoms with E-state index in [-0.39, 0.29) is 12.1 Å². The second-order valence-electron chi connectivity index (χ2n) is 4.36. The molecule has 0 aliphatic heterocycles. The standard InChI is InChI=1S/C14H11BrClF3N2/c15-9-2-1-8(5-10(9)16)21-13(6-20)7-3-11(17)14(19)12(18)4-7/h1-5,13,21H,6,20H2. The summed E-state index contributed by atoms with van der Waals surface area (Å²) in [6.45, 7) is 0.0677. The SMILES string of the molecule is NCC(Nc1ccc(Br)c(Cl)c1)c1cc(F)c(F)c(F)c1. The Morgan fingerprint density at radius 3 is 2.29 bits per heavy atom. The second-order valence-corrected chi connectivity index (χ2v) is 5.62. The maximum Gasteiger partial charge on any atom is 0.194 e. The molecule has 1 unspecified atom stereocenters. The van der Waals surface area contributed by atoms with Gasteiger partial charge in [-0.1, -0.05) is 11.6 Å². The predicted molar refractivity (Wildman–Crippen MR) is 80.9 cm³/mol. The molecule has 21 heavy (non-hydrogen) atoms. The molecule has 0 heterocycles. The smallest absolute Gasteiger partial charge is 0.194 e. The number of hydrogen-bond donors (Lipinski definition) is 2. The van der Waals surface area contributed by atoms with Crippen molar-refractivity contribution in [2.45, 2.75) is 6.04 Å². The third-order valence-electron chi connectivity index (χ3n) is 2.90. The lowest BCUT2D eigenvalue weighted by Crippen LogP contribution is -2.21. The normalized spacial score (nSPS) is 12.3. The van der Waals surface area contributed by atoms with Gasteiger partial charge in [-0.25, -0.2) is 13.2 Å². The molecule has 0 aliphatic carbocycles. The zero-order chi connectivity index (χ0) is 15.6. The van der Waals surface area contributed by atoms with Gasteiger partial charge in [0.25, 0.3) is 0 Å². The minimum atomic E-state index is -1.50. The molecular weight excluding hydrogens is 369 g/mol. The quantitative estimate of drug-likeness (QED) is 0.760. The molecule has 1 atom stereocenters. The Labute approximate surface area is 133 Å². The Morgan fingerprint density at radius 2 is 1.76 bits per heavy atom. The van der Waals surface area contributed by atoms with E-state index in [9.17, 15) is 13.2 Å². The number of halogens is 5. The van der Waals surface area contributed by atoms with Gasteiger partial charge in [-0.3, -0.25) is 0 Å². The topological polar surface area (TPSA) is 38.0 Å². The summed E-state index contributed by atoms with van der Waals surface area (Å²) in [5.41, 5.74) is 6.46. The first-order valence-electron chi connectivity index (χ1n) is 5.98. The van der Waals surface area contributed by atoms with Gasteiger partial charge in [0.1, 0.15) is 0 Å². The molecular formula is C14H11BrClF3N2. The predicted octanol–water partition coefficient (Wildman–Crippen LogP) is 4.63. The summed E-state index contributed by atoms with van der Waals surface area (Å²) in [7, 11) is 0. The van der Waals surface area contributed by atoms with Crippen LogP contribution in [0.2, 0.25) is 5.02 Å². The molecule has 0 saturated carbocycles. The van der Waals surface area contributed by atoms with Crippen LogP contribution in [0.5, 0.6) is 0 Å². The minimum Gasteiger partial charge on any atom is -0.377 e. The van der Waals surface area contributed by atoms with Crippen LogP contribution in [0.3, 0.4) is 0 Å². The molecule has 0 fully saturated rings. The van der Waals surface area contributed by atoms with E-state index in [0.717, 1.165) is 16.6 Å². The highest BCUT2D eigenvalue weighted by atomic mass is 79.9. The van der Waals surface area contributed by atoms with Gasteiger partial charge in [-0.15, -0.1) is 0 Å². The fourth-order valence-electron chi connectivity index (χ4n) is 1.84. The second kappa shape index (κ2) is 6.68. The van der Waals surface area contributed by atoms with E-state index in [1.807, 2.05) is 0 Å². The summed E-state index contributed by atoms with van der Waals surface area (Å²) >= 11 is 9.23. The van der Waals surface area contributed by atoms with Crippen LogP contribution in [0.25, 0.3) is 0 Å². The molecule has 2 aromatic carbocycles. The highest BCUT2D eigenvalue weighted by Crippen LogP contribution is 2.28. The van der Waals surface area contributed by atoms with Crippen molar-refractivity contribution >= 4 is 33.2 Å². The molecule has 2 rings (SSSR count). The van der Waals surface area contributed by atoms with Gasteiger partial charge < -0.3 is 11.1 Å². The maximum atomic E-state index is 13.3. The molecule has 2 nitrogen and oxygen atoms in total. The summed E-state index contributed by atoms with van der Waals surface area (Å²) in [6, 6.07) is 6.36. The molecule has 0 bridgehead atoms. The van der Waals surface area contributed by atoms with Crippen LogP contribution in [-0.4, -0.2) is 6.54 Å². The van der Waals surface area contributed by atoms with Crippen molar-refractivity contribution in [1.82, 2.24) is 0 Å². The first-order valence-corrected chi connectivity index (χ1v) is 7.15. The summed E-state index contributed by atoms with van der Waals surface area (Å²) in [6.07, 6.45) is 0. The molecule has 112 valence electrons. The van der Waals surface area contributed by atoms with Crippen molar-refractivity contribution in [3.63, 3.8) is 0 Å². The lowest BCUT2D eigenvalue weighted by molar-refractivity contribution is 0.444. The molecule has 7 heteroatoms. The van der Waals surface area contributed by atoms with Crippen LogP contribution in [0, 0.1) is 17.5 Å². The Hall–Kier alpha value is -1.24. The third-order valence-corrected chi connectivity index (χ3v) is 4.14. The summed E-state index contributed by atoms with van der Waals surface area (Å²) in [5, 5.41) is 3.48. The summed E-state index contributed by atoms with van der Waals surface area (Å²) < 4.78 is 40.3. The fourth-order valence-corrected chi connectivity index (χ4v) is 2.27. The van der Waals surface area contributed by atoms with Gasteiger partial charge in [0.15, 0.2) is 17.5 Å². The van der Waals surface area contributed by atoms with Crippen molar-refractivity contribution in [2.75, 3.05) is 11.9 Å². The van der Waals surface area contributed by atoms with Crippen LogP contribution in [0.4, 0.5) is 18.9 Å². The minimum absolute atomic E-state index is 0.0677. The van der Waals surface area contributed by atoms with Crippen molar-refractivity contribution < 1.29 is 13.2 Å². The van der Waals surface area contributed by atoms with Gasteiger partial charge in [-0.05, 0) is 51.8 Å². The Morgan fingerprint density at radius 1 is 1.14 bits per heavy atom. The van der Waals surface area contributed by atoms with Gasteiger partial charge in [-0.2, -0.15) is 0 Å². The number of nitrogens with two attached hydrogens (primary N) is 1. The zero-order valence-electron chi connectivity index (χ0n) is 10.6. The lowest BCUT2D eigenvalue weighted by atomic mass is 10.1. The first kappa shape index (κ1) is 16.1. The lowest BCUT2D eigenvalue weighted by Gasteiger charge is -2.19. The summed E-state index contributed by atoms with van der Waals surface area (Å²) in [5.74, 6) is -4.00. The highest BCUT2D eigenvalue weighted by Gasteiger charge is 2.16.